The highest BCUT2D eigenvalue weighted by Crippen LogP contribution is 2.22. The van der Waals surface area contributed by atoms with E-state index in [9.17, 15) is 0 Å². The van der Waals surface area contributed by atoms with Crippen LogP contribution >= 0.6 is 11.3 Å². The van der Waals surface area contributed by atoms with Crippen LogP contribution in [0.3, 0.4) is 0 Å². The van der Waals surface area contributed by atoms with Crippen molar-refractivity contribution in [1.29, 1.82) is 0 Å². The van der Waals surface area contributed by atoms with Gasteiger partial charge in [0.1, 0.15) is 0 Å². The van der Waals surface area contributed by atoms with E-state index in [0.717, 1.165) is 30.7 Å². The number of nitrogens with zero attached hydrogens (tertiary/aromatic N) is 3. The molecule has 3 aromatic rings. The van der Waals surface area contributed by atoms with Gasteiger partial charge in [-0.3, -0.25) is 4.68 Å². The van der Waals surface area contributed by atoms with Crippen molar-refractivity contribution < 1.29 is 0 Å². The van der Waals surface area contributed by atoms with Crippen molar-refractivity contribution in [2.24, 2.45) is 0 Å². The zero-order chi connectivity index (χ0) is 13.1. The second kappa shape index (κ2) is 5.40. The summed E-state index contributed by atoms with van der Waals surface area (Å²) in [5, 5.41) is 7.77. The van der Waals surface area contributed by atoms with Crippen LogP contribution < -0.4 is 5.32 Å². The second-order valence-corrected chi connectivity index (χ2v) is 5.32. The first-order chi connectivity index (χ1) is 9.36. The van der Waals surface area contributed by atoms with Gasteiger partial charge in [0.25, 0.3) is 0 Å². The highest BCUT2D eigenvalue weighted by molar-refractivity contribution is 7.16. The van der Waals surface area contributed by atoms with Crippen molar-refractivity contribution in [2.75, 3.05) is 5.32 Å². The number of aryl methyl sites for hydroxylation is 1. The average Bonchev–Trinajstić information content (AvgIpc) is 3.05. The molecule has 0 saturated heterocycles. The van der Waals surface area contributed by atoms with Crippen LogP contribution in [0.1, 0.15) is 19.0 Å². The Labute approximate surface area is 116 Å². The SMILES string of the molecule is CCCn1nccc1CNc1ccc2ncsc2c1. The minimum Gasteiger partial charge on any atom is -0.379 e. The van der Waals surface area contributed by atoms with Gasteiger partial charge in [0.15, 0.2) is 0 Å². The Kier molecular flexibility index (Phi) is 3.46. The smallest absolute Gasteiger partial charge is 0.0813 e. The number of nitrogens with one attached hydrogen (secondary N) is 1. The van der Waals surface area contributed by atoms with E-state index in [2.05, 4.69) is 51.3 Å². The lowest BCUT2D eigenvalue weighted by molar-refractivity contribution is 0.578. The van der Waals surface area contributed by atoms with Crippen molar-refractivity contribution in [3.8, 4) is 0 Å². The fourth-order valence-electron chi connectivity index (χ4n) is 2.08. The molecule has 0 aliphatic carbocycles. The van der Waals surface area contributed by atoms with E-state index in [4.69, 9.17) is 0 Å². The van der Waals surface area contributed by atoms with Crippen molar-refractivity contribution in [2.45, 2.75) is 26.4 Å². The van der Waals surface area contributed by atoms with Gasteiger partial charge in [0.05, 0.1) is 28.0 Å². The predicted molar refractivity (Wildman–Crippen MR) is 79.5 cm³/mol. The maximum Gasteiger partial charge on any atom is 0.0813 e. The summed E-state index contributed by atoms with van der Waals surface area (Å²) in [7, 11) is 0. The highest BCUT2D eigenvalue weighted by Gasteiger charge is 2.02. The summed E-state index contributed by atoms with van der Waals surface area (Å²) in [5.41, 5.74) is 5.28. The van der Waals surface area contributed by atoms with E-state index >= 15 is 0 Å². The zero-order valence-corrected chi connectivity index (χ0v) is 11.7. The summed E-state index contributed by atoms with van der Waals surface area (Å²) >= 11 is 1.67. The highest BCUT2D eigenvalue weighted by atomic mass is 32.1. The van der Waals surface area contributed by atoms with Gasteiger partial charge in [-0.15, -0.1) is 11.3 Å². The molecule has 0 amide bonds. The number of thiazole rings is 1. The number of rotatable bonds is 5. The molecular weight excluding hydrogens is 256 g/mol. The number of benzene rings is 1. The fraction of sp³-hybridized carbons (Fsp3) is 0.286. The van der Waals surface area contributed by atoms with Gasteiger partial charge in [-0.05, 0) is 30.7 Å². The summed E-state index contributed by atoms with van der Waals surface area (Å²) in [6.45, 7) is 3.93. The van der Waals surface area contributed by atoms with E-state index in [0.29, 0.717) is 0 Å². The molecule has 0 radical (unpaired) electrons. The van der Waals surface area contributed by atoms with Crippen LogP contribution in [0.4, 0.5) is 5.69 Å². The number of fused-ring (bicyclic) bond motifs is 1. The molecule has 0 aliphatic heterocycles. The third kappa shape index (κ3) is 2.61. The number of hydrogen-bond donors (Lipinski definition) is 1. The van der Waals surface area contributed by atoms with Gasteiger partial charge < -0.3 is 5.32 Å². The third-order valence-corrected chi connectivity index (χ3v) is 3.84. The predicted octanol–water partition coefficient (Wildman–Crippen LogP) is 3.51. The molecule has 0 unspecified atom stereocenters. The molecule has 0 atom stereocenters. The van der Waals surface area contributed by atoms with Crippen LogP contribution in [-0.2, 0) is 13.1 Å². The van der Waals surface area contributed by atoms with Crippen molar-refractivity contribution in [1.82, 2.24) is 14.8 Å². The second-order valence-electron chi connectivity index (χ2n) is 4.43. The molecule has 0 fully saturated rings. The van der Waals surface area contributed by atoms with Gasteiger partial charge in [0, 0.05) is 18.4 Å². The van der Waals surface area contributed by atoms with E-state index < -0.39 is 0 Å². The first-order valence-electron chi connectivity index (χ1n) is 6.44. The Morgan fingerprint density at radius 2 is 2.26 bits per heavy atom. The van der Waals surface area contributed by atoms with Gasteiger partial charge in [0.2, 0.25) is 0 Å². The molecule has 4 nitrogen and oxygen atoms in total. The van der Waals surface area contributed by atoms with Gasteiger partial charge in [-0.2, -0.15) is 5.10 Å². The van der Waals surface area contributed by atoms with Gasteiger partial charge >= 0.3 is 0 Å². The van der Waals surface area contributed by atoms with E-state index in [1.54, 1.807) is 11.3 Å². The Morgan fingerprint density at radius 1 is 1.32 bits per heavy atom. The molecule has 0 bridgehead atoms. The lowest BCUT2D eigenvalue weighted by atomic mass is 10.3. The number of aromatic nitrogens is 3. The van der Waals surface area contributed by atoms with E-state index in [1.807, 2.05) is 11.7 Å². The minimum atomic E-state index is 0.796. The molecule has 1 aromatic carbocycles. The van der Waals surface area contributed by atoms with Crippen LogP contribution in [-0.4, -0.2) is 14.8 Å². The van der Waals surface area contributed by atoms with Crippen molar-refractivity contribution in [3.05, 3.63) is 41.7 Å². The Hall–Kier alpha value is -1.88. The first-order valence-corrected chi connectivity index (χ1v) is 7.32. The average molecular weight is 272 g/mol. The van der Waals surface area contributed by atoms with Gasteiger partial charge in [-0.25, -0.2) is 4.98 Å². The molecule has 0 spiro atoms. The maximum absolute atomic E-state index is 4.33. The molecule has 0 aliphatic rings. The summed E-state index contributed by atoms with van der Waals surface area (Å²) in [4.78, 5) is 4.28. The molecule has 19 heavy (non-hydrogen) atoms. The number of anilines is 1. The molecule has 1 N–H and O–H groups in total. The van der Waals surface area contributed by atoms with Gasteiger partial charge in [-0.1, -0.05) is 6.92 Å². The summed E-state index contributed by atoms with van der Waals surface area (Å²) in [6.07, 6.45) is 2.96. The maximum atomic E-state index is 4.33. The Bertz CT molecular complexity index is 671. The van der Waals surface area contributed by atoms with E-state index in [-0.39, 0.29) is 0 Å². The standard InChI is InChI=1S/C14H16N4S/c1-2-7-18-12(5-6-17-18)9-15-11-3-4-13-14(8-11)19-10-16-13/h3-6,8,10,15H,2,7,9H2,1H3. The molecule has 98 valence electrons. The first kappa shape index (κ1) is 12.2. The summed E-state index contributed by atoms with van der Waals surface area (Å²) < 4.78 is 3.27. The number of hydrogen-bond acceptors (Lipinski definition) is 4. The molecule has 5 heteroatoms. The Balaban J connectivity index is 1.72. The quantitative estimate of drug-likeness (QED) is 0.773. The Morgan fingerprint density at radius 3 is 3.16 bits per heavy atom. The zero-order valence-electron chi connectivity index (χ0n) is 10.8. The van der Waals surface area contributed by atoms with Crippen molar-refractivity contribution in [3.63, 3.8) is 0 Å². The summed E-state index contributed by atoms with van der Waals surface area (Å²) in [5.74, 6) is 0. The van der Waals surface area contributed by atoms with Crippen LogP contribution in [0.15, 0.2) is 36.0 Å². The van der Waals surface area contributed by atoms with E-state index in [1.165, 1.54) is 10.4 Å². The van der Waals surface area contributed by atoms with Crippen molar-refractivity contribution >= 4 is 27.2 Å². The van der Waals surface area contributed by atoms with Crippen LogP contribution in [0, 0.1) is 0 Å². The molecule has 0 saturated carbocycles. The minimum absolute atomic E-state index is 0.796. The van der Waals surface area contributed by atoms with Crippen LogP contribution in [0.2, 0.25) is 0 Å². The summed E-state index contributed by atoms with van der Waals surface area (Å²) in [6, 6.07) is 8.33. The normalized spacial score (nSPS) is 11.0. The van der Waals surface area contributed by atoms with Crippen LogP contribution in [0.25, 0.3) is 10.2 Å². The largest absolute Gasteiger partial charge is 0.379 e. The lowest BCUT2D eigenvalue weighted by Gasteiger charge is -2.08. The lowest BCUT2D eigenvalue weighted by Crippen LogP contribution is -2.08. The topological polar surface area (TPSA) is 42.7 Å². The molecule has 2 aromatic heterocycles. The third-order valence-electron chi connectivity index (χ3n) is 3.04. The molecule has 3 rings (SSSR count). The molecule has 2 heterocycles. The molecular formula is C14H16N4S. The fourth-order valence-corrected chi connectivity index (χ4v) is 2.80. The monoisotopic (exact) mass is 272 g/mol. The van der Waals surface area contributed by atoms with Crippen LogP contribution in [0.5, 0.6) is 0 Å².